The largest absolute Gasteiger partial charge is 0.453 e. The third-order valence-corrected chi connectivity index (χ3v) is 7.32. The molecule has 212 valence electrons. The molecule has 4 atom stereocenters. The van der Waals surface area contributed by atoms with Crippen molar-refractivity contribution < 1.29 is 28.2 Å². The number of likely N-dealkylation sites (tertiary alicyclic amines) is 2. The molecule has 2 aliphatic rings. The maximum absolute atomic E-state index is 14.1. The van der Waals surface area contributed by atoms with Crippen molar-refractivity contribution in [3.63, 3.8) is 0 Å². The van der Waals surface area contributed by atoms with Crippen LogP contribution in [0.15, 0.2) is 24.3 Å². The highest BCUT2D eigenvalue weighted by molar-refractivity contribution is 5.76. The van der Waals surface area contributed by atoms with Gasteiger partial charge in [0.1, 0.15) is 5.82 Å². The summed E-state index contributed by atoms with van der Waals surface area (Å²) in [6.07, 6.45) is 2.85. The molecule has 2 aliphatic heterocycles. The first-order valence-corrected chi connectivity index (χ1v) is 13.4. The fraction of sp³-hybridized carbons (Fsp3) is 0.667. The van der Waals surface area contributed by atoms with E-state index in [0.29, 0.717) is 44.1 Å². The molecule has 0 bridgehead atoms. The number of halogens is 1. The number of ether oxygens (including phenoxy) is 2. The molecule has 38 heavy (non-hydrogen) atoms. The predicted molar refractivity (Wildman–Crippen MR) is 141 cm³/mol. The lowest BCUT2D eigenvalue weighted by Gasteiger charge is -2.38. The number of piperidine rings is 2. The van der Waals surface area contributed by atoms with Crippen molar-refractivity contribution in [2.75, 3.05) is 60.5 Å². The van der Waals surface area contributed by atoms with Crippen molar-refractivity contribution in [1.29, 1.82) is 0 Å². The van der Waals surface area contributed by atoms with Crippen molar-refractivity contribution in [3.05, 3.63) is 35.6 Å². The fourth-order valence-electron chi connectivity index (χ4n) is 5.44. The minimum atomic E-state index is -0.543. The lowest BCUT2D eigenvalue weighted by molar-refractivity contribution is -0.133. The van der Waals surface area contributed by atoms with Gasteiger partial charge in [-0.1, -0.05) is 12.1 Å². The number of carbonyl (C=O) groups excluding carboxylic acids is 3. The number of carbonyl (C=O) groups is 3. The molecular weight excluding hydrogens is 493 g/mol. The van der Waals surface area contributed by atoms with Gasteiger partial charge in [0.25, 0.3) is 0 Å². The molecule has 0 saturated carbocycles. The van der Waals surface area contributed by atoms with Crippen molar-refractivity contribution >= 4 is 18.0 Å². The second-order valence-corrected chi connectivity index (χ2v) is 10.2. The highest BCUT2D eigenvalue weighted by atomic mass is 19.1. The Morgan fingerprint density at radius 2 is 2.05 bits per heavy atom. The van der Waals surface area contributed by atoms with Crippen molar-refractivity contribution in [3.8, 4) is 0 Å². The van der Waals surface area contributed by atoms with Crippen molar-refractivity contribution in [2.45, 2.75) is 44.2 Å². The maximum atomic E-state index is 14.1. The monoisotopic (exact) mass is 535 g/mol. The molecule has 0 aliphatic carbocycles. The zero-order chi connectivity index (χ0) is 27.5. The maximum Gasteiger partial charge on any atom is 0.406 e. The number of nitrogens with one attached hydrogen (secondary N) is 3. The van der Waals surface area contributed by atoms with E-state index in [4.69, 9.17) is 4.74 Å². The van der Waals surface area contributed by atoms with Crippen LogP contribution in [0.4, 0.5) is 14.0 Å². The highest BCUT2D eigenvalue weighted by Gasteiger charge is 2.33. The van der Waals surface area contributed by atoms with Crippen LogP contribution >= 0.6 is 0 Å². The summed E-state index contributed by atoms with van der Waals surface area (Å²) in [6.45, 7) is 2.93. The lowest BCUT2D eigenvalue weighted by atomic mass is 9.88. The number of likely N-dealkylation sites (N-methyl/N-ethyl adjacent to an activating group) is 1. The number of rotatable bonds is 11. The van der Waals surface area contributed by atoms with Crippen molar-refractivity contribution in [1.82, 2.24) is 25.8 Å². The zero-order valence-electron chi connectivity index (χ0n) is 22.7. The number of methoxy groups -OCH3 is 1. The van der Waals surface area contributed by atoms with E-state index in [9.17, 15) is 18.8 Å². The van der Waals surface area contributed by atoms with Crippen LogP contribution < -0.4 is 16.0 Å². The van der Waals surface area contributed by atoms with E-state index < -0.39 is 12.2 Å². The molecule has 1 unspecified atom stereocenters. The summed E-state index contributed by atoms with van der Waals surface area (Å²) < 4.78 is 24.8. The average molecular weight is 536 g/mol. The third kappa shape index (κ3) is 8.83. The number of alkyl carbamates (subject to hydrolysis) is 1. The molecule has 0 aromatic heterocycles. The van der Waals surface area contributed by atoms with Gasteiger partial charge in [-0.05, 0) is 56.3 Å². The van der Waals surface area contributed by atoms with E-state index in [-0.39, 0.29) is 42.9 Å². The highest BCUT2D eigenvalue weighted by Crippen LogP contribution is 2.33. The van der Waals surface area contributed by atoms with E-state index >= 15 is 0 Å². The van der Waals surface area contributed by atoms with Crippen LogP contribution in [0.25, 0.3) is 0 Å². The topological polar surface area (TPSA) is 112 Å². The summed E-state index contributed by atoms with van der Waals surface area (Å²) in [5.41, 5.74) is 0.708. The number of amides is 4. The van der Waals surface area contributed by atoms with Crippen LogP contribution in [0.3, 0.4) is 0 Å². The molecule has 2 saturated heterocycles. The average Bonchev–Trinajstić information content (AvgIpc) is 2.90. The van der Waals surface area contributed by atoms with E-state index in [2.05, 4.69) is 20.7 Å². The first-order valence-electron chi connectivity index (χ1n) is 13.4. The summed E-state index contributed by atoms with van der Waals surface area (Å²) >= 11 is 0. The van der Waals surface area contributed by atoms with Gasteiger partial charge in [0.15, 0.2) is 0 Å². The molecular formula is C27H42FN5O5. The predicted octanol–water partition coefficient (Wildman–Crippen LogP) is 2.51. The number of hydrogen-bond acceptors (Lipinski definition) is 6. The second kappa shape index (κ2) is 14.9. The SMILES string of the molecule is CNC[C@H](C[C@H]1CCC(=O)N(C)C1)NC(=O)N1CCC[C@@H](C(OCCNC(=O)OC)c2cccc(F)c2)C1. The number of nitrogens with zero attached hydrogens (tertiary/aromatic N) is 2. The summed E-state index contributed by atoms with van der Waals surface area (Å²) in [5, 5.41) is 8.96. The second-order valence-electron chi connectivity index (χ2n) is 10.2. The van der Waals surface area contributed by atoms with Crippen LogP contribution in [0, 0.1) is 17.7 Å². The quantitative estimate of drug-likeness (QED) is 0.376. The summed E-state index contributed by atoms with van der Waals surface area (Å²) in [5.74, 6) is 0.134. The van der Waals surface area contributed by atoms with E-state index in [0.717, 1.165) is 25.7 Å². The molecule has 11 heteroatoms. The van der Waals surface area contributed by atoms with Gasteiger partial charge in [-0.3, -0.25) is 4.79 Å². The molecule has 2 heterocycles. The van der Waals surface area contributed by atoms with Gasteiger partial charge in [-0.2, -0.15) is 0 Å². The minimum absolute atomic E-state index is 0.0322. The fourth-order valence-corrected chi connectivity index (χ4v) is 5.44. The van der Waals surface area contributed by atoms with Gasteiger partial charge >= 0.3 is 12.1 Å². The molecule has 3 rings (SSSR count). The Labute approximate surface area is 224 Å². The van der Waals surface area contributed by atoms with Crippen LogP contribution in [0.2, 0.25) is 0 Å². The van der Waals surface area contributed by atoms with Gasteiger partial charge in [0.05, 0.1) is 19.8 Å². The summed E-state index contributed by atoms with van der Waals surface area (Å²) in [6, 6.07) is 6.16. The Hall–Kier alpha value is -2.92. The van der Waals surface area contributed by atoms with Crippen LogP contribution in [0.5, 0.6) is 0 Å². The lowest BCUT2D eigenvalue weighted by Crippen LogP contribution is -2.52. The van der Waals surface area contributed by atoms with E-state index in [1.807, 2.05) is 25.1 Å². The van der Waals surface area contributed by atoms with Gasteiger partial charge in [0, 0.05) is 58.2 Å². The first kappa shape index (κ1) is 29.6. The Morgan fingerprint density at radius 3 is 2.76 bits per heavy atom. The normalized spacial score (nSPS) is 21.5. The molecule has 1 aromatic carbocycles. The molecule has 10 nitrogen and oxygen atoms in total. The molecule has 0 radical (unpaired) electrons. The van der Waals surface area contributed by atoms with E-state index in [1.165, 1.54) is 19.2 Å². The summed E-state index contributed by atoms with van der Waals surface area (Å²) in [4.78, 5) is 40.1. The van der Waals surface area contributed by atoms with Crippen molar-refractivity contribution in [2.24, 2.45) is 11.8 Å². The smallest absolute Gasteiger partial charge is 0.406 e. The van der Waals surface area contributed by atoms with Crippen LogP contribution in [0.1, 0.15) is 43.8 Å². The standard InChI is InChI=1S/C27H42FN5O5/c1-29-16-23(14-19-9-10-24(34)32(2)17-19)31-26(35)33-12-5-7-21(18-33)25(20-6-4-8-22(28)15-20)38-13-11-30-27(36)37-3/h4,6,8,15,19,21,23,25,29H,5,7,9-14,16-18H2,1-3H3,(H,30,36)(H,31,35)/t19-,21-,23+,25?/m1/s1. The van der Waals surface area contributed by atoms with Gasteiger partial charge in [0.2, 0.25) is 5.91 Å². The summed E-state index contributed by atoms with van der Waals surface area (Å²) in [7, 11) is 4.99. The number of hydrogen-bond donors (Lipinski definition) is 3. The molecule has 0 spiro atoms. The van der Waals surface area contributed by atoms with Gasteiger partial charge < -0.3 is 35.2 Å². The van der Waals surface area contributed by atoms with Gasteiger partial charge in [-0.15, -0.1) is 0 Å². The van der Waals surface area contributed by atoms with Crippen LogP contribution in [-0.4, -0.2) is 94.4 Å². The molecule has 3 N–H and O–H groups in total. The zero-order valence-corrected chi connectivity index (χ0v) is 22.7. The minimum Gasteiger partial charge on any atom is -0.453 e. The number of benzene rings is 1. The van der Waals surface area contributed by atoms with E-state index in [1.54, 1.807) is 11.0 Å². The third-order valence-electron chi connectivity index (χ3n) is 7.32. The Morgan fingerprint density at radius 1 is 1.24 bits per heavy atom. The number of urea groups is 1. The first-order chi connectivity index (χ1) is 18.3. The Bertz CT molecular complexity index is 935. The Balaban J connectivity index is 1.62. The Kier molecular flexibility index (Phi) is 11.6. The molecule has 1 aromatic rings. The van der Waals surface area contributed by atoms with Crippen LogP contribution in [-0.2, 0) is 14.3 Å². The molecule has 4 amide bonds. The van der Waals surface area contributed by atoms with Gasteiger partial charge in [-0.25, -0.2) is 14.0 Å². The molecule has 2 fully saturated rings.